The number of ether oxygens (including phenoxy) is 8. The summed E-state index contributed by atoms with van der Waals surface area (Å²) in [5.41, 5.74) is 2.13. The van der Waals surface area contributed by atoms with E-state index >= 15 is 0 Å². The molecule has 5 heterocycles. The van der Waals surface area contributed by atoms with Crippen LogP contribution in [0.2, 0.25) is 0 Å². The van der Waals surface area contributed by atoms with Gasteiger partial charge in [0.25, 0.3) is 0 Å². The van der Waals surface area contributed by atoms with Gasteiger partial charge in [-0.15, -0.1) is 0 Å². The minimum atomic E-state index is 0.123. The molecule has 0 spiro atoms. The third kappa shape index (κ3) is 12.3. The summed E-state index contributed by atoms with van der Waals surface area (Å²) < 4.78 is 66.9. The maximum atomic E-state index is 8.19. The van der Waals surface area contributed by atoms with Crippen LogP contribution >= 0.6 is 0 Å². The number of aromatic nitrogens is 8. The smallest absolute Gasteiger partial charge is 0.145 e. The van der Waals surface area contributed by atoms with Crippen molar-refractivity contribution < 1.29 is 58.9 Å². The van der Waals surface area contributed by atoms with E-state index in [1.165, 1.54) is 0 Å². The molecule has 2 aliphatic heterocycles. The van der Waals surface area contributed by atoms with Gasteiger partial charge in [0.05, 0.1) is 45.6 Å². The SMILES string of the molecule is [O]=[V+2].c1ccc(Oc2c3c(c(Oc4ccccc4)c4ccccc24)-c2nc-3nc3[n-]c(nc4nc(nc5[n-]c(n2)c2c(Oc6ccccc6)c6ccccc6c(Oc6ccccc6)c52)-c2c-4c(Oc4ccccc4)c4ccccc4c2Oc2ccccc2)c2c(Oc4ccccc4)c4ccccc4c(Oc4ccccc4)c32)cc1. The van der Waals surface area contributed by atoms with Crippen molar-refractivity contribution in [2.24, 2.45) is 0 Å². The predicted octanol–water partition coefficient (Wildman–Crippen LogP) is 25.0. The van der Waals surface area contributed by atoms with Gasteiger partial charge in [0.15, 0.2) is 0 Å². The van der Waals surface area contributed by atoms with Crippen LogP contribution < -0.4 is 47.9 Å². The molecule has 0 saturated carbocycles. The average Bonchev–Trinajstić information content (AvgIpc) is 1.55. The van der Waals surface area contributed by atoms with Crippen molar-refractivity contribution in [3.63, 3.8) is 0 Å². The van der Waals surface area contributed by atoms with E-state index in [9.17, 15) is 0 Å². The molecule has 0 fully saturated rings. The first-order valence-electron chi connectivity index (χ1n) is 36.6. The van der Waals surface area contributed by atoms with Gasteiger partial charge < -0.3 is 67.8 Å². The third-order valence-corrected chi connectivity index (χ3v) is 19.7. The minimum absolute atomic E-state index is 0.123. The first kappa shape index (κ1) is 68.0. The summed E-state index contributed by atoms with van der Waals surface area (Å²) in [6.07, 6.45) is 0. The van der Waals surface area contributed by atoms with Crippen LogP contribution in [0.1, 0.15) is 0 Å². The van der Waals surface area contributed by atoms with Gasteiger partial charge in [-0.05, 0) is 97.1 Å². The van der Waals surface area contributed by atoms with Crippen molar-refractivity contribution in [2.45, 2.75) is 0 Å². The fraction of sp³-hybridized carbons (Fsp3) is 0. The Labute approximate surface area is 659 Å². The third-order valence-electron chi connectivity index (χ3n) is 19.7. The molecule has 539 valence electrons. The van der Waals surface area contributed by atoms with E-state index < -0.39 is 0 Å². The summed E-state index contributed by atoms with van der Waals surface area (Å²) in [6, 6.07) is 109. The van der Waals surface area contributed by atoms with Gasteiger partial charge in [0.2, 0.25) is 0 Å². The summed E-state index contributed by atoms with van der Waals surface area (Å²) in [7, 11) is 0. The number of fused-ring (bicyclic) bond motifs is 24. The standard InChI is InChI=1S/C96H56N8O8.O.V/c1-9-33-57(34-10-1)105-81-65-49-25-26-50-66(65)82(106-58-35-11-2-12-36-58)74-73(81)89-97-90(74)102-92-77-78(86(110-62-43-19-6-20-44-62)70-54-30-29-53-69(70)85(77)109-61-41-17-5-18-42-61)94(99-92)104-96-80-79(87(111-63-45-21-7-22-46-63)71-55-31-32-56-72(71)88(80)112-64-47-23-8-24-48-64)95(100-96)103-93-76-75(91(98-93)101-89)83(107-59-37-13-3-14-38-59)67-51-27-28-52-68(67)84(76)108-60-39-15-4-16-40-60;;/h1-56H;;/q-2;;+2. The fourth-order valence-corrected chi connectivity index (χ4v) is 14.8. The van der Waals surface area contributed by atoms with Crippen molar-refractivity contribution >= 4 is 87.2 Å². The van der Waals surface area contributed by atoms with Crippen LogP contribution in [0.25, 0.3) is 133 Å². The van der Waals surface area contributed by atoms with Crippen LogP contribution in [-0.2, 0) is 21.0 Å². The Morgan fingerprint density at radius 1 is 0.175 bits per heavy atom. The molecule has 18 heteroatoms. The van der Waals surface area contributed by atoms with Crippen LogP contribution in [0.15, 0.2) is 340 Å². The fourth-order valence-electron chi connectivity index (χ4n) is 14.8. The van der Waals surface area contributed by atoms with Gasteiger partial charge >= 0.3 is 21.0 Å². The topological polar surface area (TPSA) is 196 Å². The van der Waals surface area contributed by atoms with Crippen LogP contribution in [0.5, 0.6) is 92.0 Å². The first-order chi connectivity index (χ1) is 56.5. The molecule has 19 aromatic rings. The molecule has 21 rings (SSSR count). The quantitative estimate of drug-likeness (QED) is 0.0884. The molecule has 3 aromatic heterocycles. The van der Waals surface area contributed by atoms with Gasteiger partial charge in [0.1, 0.15) is 92.0 Å². The van der Waals surface area contributed by atoms with Crippen LogP contribution in [-0.4, -0.2) is 29.9 Å². The molecule has 0 atom stereocenters. The van der Waals surface area contributed by atoms with E-state index in [4.69, 9.17) is 81.4 Å². The zero-order valence-corrected chi connectivity index (χ0v) is 61.4. The predicted molar refractivity (Wildman–Crippen MR) is 437 cm³/mol. The molecule has 8 bridgehead atoms. The van der Waals surface area contributed by atoms with Gasteiger partial charge in [-0.3, -0.25) is 0 Å². The van der Waals surface area contributed by atoms with Crippen molar-refractivity contribution in [3.05, 3.63) is 340 Å². The number of hydrogen-bond donors (Lipinski definition) is 0. The van der Waals surface area contributed by atoms with E-state index in [1.807, 2.05) is 340 Å². The van der Waals surface area contributed by atoms with E-state index in [0.717, 1.165) is 17.4 Å². The molecule has 0 saturated heterocycles. The molecule has 2 aliphatic rings. The van der Waals surface area contributed by atoms with E-state index in [1.54, 1.807) is 0 Å². The Hall–Kier alpha value is -15.3. The minimum Gasteiger partial charge on any atom is -0.456 e. The number of rotatable bonds is 16. The molecule has 0 aliphatic carbocycles. The summed E-state index contributed by atoms with van der Waals surface area (Å²) >= 11 is 1.06. The monoisotopic (exact) mass is 1520 g/mol. The van der Waals surface area contributed by atoms with E-state index in [0.29, 0.717) is 179 Å². The molecular weight excluding hydrogens is 1460 g/mol. The zero-order chi connectivity index (χ0) is 76.0. The summed E-state index contributed by atoms with van der Waals surface area (Å²) in [4.78, 5) is 46.3. The molecule has 0 N–H and O–H groups in total. The van der Waals surface area contributed by atoms with Crippen molar-refractivity contribution in [3.8, 4) is 138 Å². The molecule has 114 heavy (non-hydrogen) atoms. The van der Waals surface area contributed by atoms with Crippen molar-refractivity contribution in [1.82, 2.24) is 39.9 Å². The molecular formula is C96H56N8O9V. The summed E-state index contributed by atoms with van der Waals surface area (Å²) in [6.45, 7) is 0. The molecule has 0 radical (unpaired) electrons. The Kier molecular flexibility index (Phi) is 17.5. The Morgan fingerprint density at radius 3 is 0.482 bits per heavy atom. The number of hydrogen-bond acceptors (Lipinski definition) is 15. The van der Waals surface area contributed by atoms with Gasteiger partial charge in [-0.1, -0.05) is 243 Å². The van der Waals surface area contributed by atoms with E-state index in [-0.39, 0.29) is 45.9 Å². The Bertz CT molecular complexity index is 6300. The molecule has 17 nitrogen and oxygen atoms in total. The molecule has 0 unspecified atom stereocenters. The van der Waals surface area contributed by atoms with Crippen molar-refractivity contribution in [1.29, 1.82) is 0 Å². The molecule has 0 amide bonds. The second-order valence-electron chi connectivity index (χ2n) is 26.6. The van der Waals surface area contributed by atoms with Gasteiger partial charge in [-0.2, -0.15) is 0 Å². The number of nitrogens with zero attached hydrogens (tertiary/aromatic N) is 8. The maximum absolute atomic E-state index is 8.19. The van der Waals surface area contributed by atoms with Gasteiger partial charge in [-0.25, -0.2) is 9.97 Å². The van der Waals surface area contributed by atoms with Crippen LogP contribution in [0.4, 0.5) is 0 Å². The normalized spacial score (nSPS) is 11.4. The van der Waals surface area contributed by atoms with Crippen molar-refractivity contribution in [2.75, 3.05) is 0 Å². The van der Waals surface area contributed by atoms with Crippen LogP contribution in [0, 0.1) is 0 Å². The number of benzene rings is 16. The Morgan fingerprint density at radius 2 is 0.316 bits per heavy atom. The zero-order valence-electron chi connectivity index (χ0n) is 60.0. The first-order valence-corrected chi connectivity index (χ1v) is 37.2. The van der Waals surface area contributed by atoms with Gasteiger partial charge in [0, 0.05) is 87.2 Å². The summed E-state index contributed by atoms with van der Waals surface area (Å²) in [5, 5.41) is 7.02. The second kappa shape index (κ2) is 29.3. The number of para-hydroxylation sites is 8. The largest absolute Gasteiger partial charge is 0.456 e. The second-order valence-corrected chi connectivity index (χ2v) is 26.6. The Balaban J connectivity index is 0.00000418. The average molecular weight is 1520 g/mol. The van der Waals surface area contributed by atoms with E-state index in [2.05, 4.69) is 0 Å². The maximum Gasteiger partial charge on any atom is 0.145 e. The molecule has 16 aromatic carbocycles. The summed E-state index contributed by atoms with van der Waals surface area (Å²) in [5.74, 6) is 7.89. The van der Waals surface area contributed by atoms with Crippen LogP contribution in [0.3, 0.4) is 0 Å².